The summed E-state index contributed by atoms with van der Waals surface area (Å²) >= 11 is 0. The number of nitrogens with zero attached hydrogens (tertiary/aromatic N) is 1. The molecule has 0 radical (unpaired) electrons. The summed E-state index contributed by atoms with van der Waals surface area (Å²) in [5.41, 5.74) is 0.841. The van der Waals surface area contributed by atoms with Crippen LogP contribution in [-0.4, -0.2) is 42.1 Å². The predicted octanol–water partition coefficient (Wildman–Crippen LogP) is 2.12. The standard InChI is InChI=1S/C15H22N2O2/c1-11-9-17(10-12(2)19-11)13(3)15(18)16-14-7-5-4-6-8-14/h4-8,11-13H,9-10H2,1-3H3,(H,16,18)/t11-,12+,13-/m0/s1. The summed E-state index contributed by atoms with van der Waals surface area (Å²) in [6.07, 6.45) is 0.353. The summed E-state index contributed by atoms with van der Waals surface area (Å²) < 4.78 is 5.69. The minimum absolute atomic E-state index is 0.0347. The van der Waals surface area contributed by atoms with Gasteiger partial charge in [-0.25, -0.2) is 0 Å². The molecule has 4 heteroatoms. The van der Waals surface area contributed by atoms with Crippen LogP contribution in [0.4, 0.5) is 5.69 Å². The van der Waals surface area contributed by atoms with E-state index in [1.165, 1.54) is 0 Å². The maximum Gasteiger partial charge on any atom is 0.241 e. The van der Waals surface area contributed by atoms with Crippen LogP contribution in [-0.2, 0) is 9.53 Å². The first-order valence-electron chi connectivity index (χ1n) is 6.81. The molecular formula is C15H22N2O2. The second kappa shape index (κ2) is 6.17. The monoisotopic (exact) mass is 262 g/mol. The summed E-state index contributed by atoms with van der Waals surface area (Å²) in [6.45, 7) is 7.64. The molecule has 1 N–H and O–H groups in total. The molecule has 0 bridgehead atoms. The van der Waals surface area contributed by atoms with E-state index >= 15 is 0 Å². The van der Waals surface area contributed by atoms with E-state index in [1.54, 1.807) is 0 Å². The summed E-state index contributed by atoms with van der Waals surface area (Å²) in [5, 5.41) is 2.95. The number of benzene rings is 1. The van der Waals surface area contributed by atoms with E-state index in [0.29, 0.717) is 0 Å². The Morgan fingerprint density at radius 2 is 1.84 bits per heavy atom. The first kappa shape index (κ1) is 14.0. The van der Waals surface area contributed by atoms with Gasteiger partial charge in [0, 0.05) is 18.8 Å². The highest BCUT2D eigenvalue weighted by Gasteiger charge is 2.29. The van der Waals surface area contributed by atoms with Crippen molar-refractivity contribution in [1.82, 2.24) is 4.90 Å². The number of hydrogen-bond acceptors (Lipinski definition) is 3. The van der Waals surface area contributed by atoms with Crippen LogP contribution in [0.15, 0.2) is 30.3 Å². The average molecular weight is 262 g/mol. The Balaban J connectivity index is 1.95. The molecular weight excluding hydrogens is 240 g/mol. The Bertz CT molecular complexity index is 411. The van der Waals surface area contributed by atoms with Gasteiger partial charge >= 0.3 is 0 Å². The Kier molecular flexibility index (Phi) is 4.56. The molecule has 1 aromatic rings. The fourth-order valence-corrected chi connectivity index (χ4v) is 2.47. The number of carbonyl (C=O) groups is 1. The molecule has 1 aromatic carbocycles. The molecule has 0 saturated carbocycles. The van der Waals surface area contributed by atoms with Crippen molar-refractivity contribution in [2.75, 3.05) is 18.4 Å². The second-order valence-electron chi connectivity index (χ2n) is 5.24. The van der Waals surface area contributed by atoms with E-state index in [9.17, 15) is 4.79 Å². The Labute approximate surface area is 114 Å². The Hall–Kier alpha value is -1.39. The number of rotatable bonds is 3. The number of carbonyl (C=O) groups excluding carboxylic acids is 1. The van der Waals surface area contributed by atoms with E-state index in [4.69, 9.17) is 4.74 Å². The summed E-state index contributed by atoms with van der Waals surface area (Å²) in [4.78, 5) is 14.4. The van der Waals surface area contributed by atoms with Gasteiger partial charge in [0.15, 0.2) is 0 Å². The number of amides is 1. The van der Waals surface area contributed by atoms with Crippen LogP contribution >= 0.6 is 0 Å². The zero-order valence-electron chi connectivity index (χ0n) is 11.8. The molecule has 4 nitrogen and oxygen atoms in total. The maximum absolute atomic E-state index is 12.2. The van der Waals surface area contributed by atoms with Crippen molar-refractivity contribution in [2.24, 2.45) is 0 Å². The van der Waals surface area contributed by atoms with Crippen LogP contribution in [0.2, 0.25) is 0 Å². The van der Waals surface area contributed by atoms with Crippen molar-refractivity contribution >= 4 is 11.6 Å². The molecule has 19 heavy (non-hydrogen) atoms. The number of ether oxygens (including phenoxy) is 1. The maximum atomic E-state index is 12.2. The fraction of sp³-hybridized carbons (Fsp3) is 0.533. The molecule has 1 amide bonds. The van der Waals surface area contributed by atoms with E-state index in [2.05, 4.69) is 10.2 Å². The number of para-hydroxylation sites is 1. The molecule has 2 rings (SSSR count). The van der Waals surface area contributed by atoms with Gasteiger partial charge in [-0.15, -0.1) is 0 Å². The van der Waals surface area contributed by atoms with Gasteiger partial charge < -0.3 is 10.1 Å². The molecule has 0 aromatic heterocycles. The van der Waals surface area contributed by atoms with Crippen LogP contribution in [0.25, 0.3) is 0 Å². The number of hydrogen-bond donors (Lipinski definition) is 1. The van der Waals surface area contributed by atoms with Gasteiger partial charge in [-0.1, -0.05) is 18.2 Å². The molecule has 1 aliphatic heterocycles. The van der Waals surface area contributed by atoms with Gasteiger partial charge in [0.05, 0.1) is 18.2 Å². The zero-order valence-corrected chi connectivity index (χ0v) is 11.8. The smallest absolute Gasteiger partial charge is 0.241 e. The van der Waals surface area contributed by atoms with E-state index in [1.807, 2.05) is 51.1 Å². The first-order valence-corrected chi connectivity index (χ1v) is 6.81. The SMILES string of the molecule is C[C@@H]1CN([C@@H](C)C(=O)Nc2ccccc2)C[C@H](C)O1. The highest BCUT2D eigenvalue weighted by Crippen LogP contribution is 2.15. The highest BCUT2D eigenvalue weighted by atomic mass is 16.5. The number of nitrogens with one attached hydrogen (secondary N) is 1. The molecule has 1 fully saturated rings. The predicted molar refractivity (Wildman–Crippen MR) is 76.1 cm³/mol. The van der Waals surface area contributed by atoms with Crippen molar-refractivity contribution in [3.63, 3.8) is 0 Å². The van der Waals surface area contributed by atoms with E-state index in [-0.39, 0.29) is 24.2 Å². The van der Waals surface area contributed by atoms with E-state index in [0.717, 1.165) is 18.8 Å². The minimum atomic E-state index is -0.144. The van der Waals surface area contributed by atoms with Crippen molar-refractivity contribution in [1.29, 1.82) is 0 Å². The number of morpholine rings is 1. The number of anilines is 1. The lowest BCUT2D eigenvalue weighted by atomic mass is 10.1. The van der Waals surface area contributed by atoms with Gasteiger partial charge in [-0.2, -0.15) is 0 Å². The normalized spacial score (nSPS) is 25.8. The largest absolute Gasteiger partial charge is 0.373 e. The third-order valence-electron chi connectivity index (χ3n) is 3.42. The third kappa shape index (κ3) is 3.78. The summed E-state index contributed by atoms with van der Waals surface area (Å²) in [5.74, 6) is 0.0347. The van der Waals surface area contributed by atoms with Crippen LogP contribution in [0.5, 0.6) is 0 Å². The minimum Gasteiger partial charge on any atom is -0.373 e. The van der Waals surface area contributed by atoms with Gasteiger partial charge in [0.25, 0.3) is 0 Å². The van der Waals surface area contributed by atoms with Crippen LogP contribution in [0, 0.1) is 0 Å². The van der Waals surface area contributed by atoms with Crippen molar-refractivity contribution < 1.29 is 9.53 Å². The van der Waals surface area contributed by atoms with Crippen LogP contribution in [0.1, 0.15) is 20.8 Å². The molecule has 0 unspecified atom stereocenters. The second-order valence-corrected chi connectivity index (χ2v) is 5.24. The summed E-state index contributed by atoms with van der Waals surface area (Å²) in [7, 11) is 0. The molecule has 0 spiro atoms. The van der Waals surface area contributed by atoms with Crippen LogP contribution in [0.3, 0.4) is 0 Å². The third-order valence-corrected chi connectivity index (χ3v) is 3.42. The van der Waals surface area contributed by atoms with Gasteiger partial charge in [-0.3, -0.25) is 9.69 Å². The van der Waals surface area contributed by atoms with E-state index < -0.39 is 0 Å². The molecule has 3 atom stereocenters. The van der Waals surface area contributed by atoms with Crippen molar-refractivity contribution in [2.45, 2.75) is 39.0 Å². The van der Waals surface area contributed by atoms with Crippen molar-refractivity contribution in [3.8, 4) is 0 Å². The molecule has 1 saturated heterocycles. The molecule has 1 heterocycles. The van der Waals surface area contributed by atoms with Crippen LogP contribution < -0.4 is 5.32 Å². The lowest BCUT2D eigenvalue weighted by molar-refractivity contribution is -0.126. The fourth-order valence-electron chi connectivity index (χ4n) is 2.47. The quantitative estimate of drug-likeness (QED) is 0.907. The van der Waals surface area contributed by atoms with Crippen molar-refractivity contribution in [3.05, 3.63) is 30.3 Å². The summed E-state index contributed by atoms with van der Waals surface area (Å²) in [6, 6.07) is 9.42. The average Bonchev–Trinajstić information content (AvgIpc) is 2.37. The Morgan fingerprint density at radius 3 is 2.42 bits per heavy atom. The zero-order chi connectivity index (χ0) is 13.8. The van der Waals surface area contributed by atoms with Gasteiger partial charge in [0.2, 0.25) is 5.91 Å². The molecule has 1 aliphatic rings. The first-order chi connectivity index (χ1) is 9.06. The lowest BCUT2D eigenvalue weighted by Crippen LogP contribution is -2.52. The topological polar surface area (TPSA) is 41.6 Å². The van der Waals surface area contributed by atoms with Gasteiger partial charge in [0.1, 0.15) is 0 Å². The van der Waals surface area contributed by atoms with Gasteiger partial charge in [-0.05, 0) is 32.9 Å². The lowest BCUT2D eigenvalue weighted by Gasteiger charge is -2.38. The molecule has 104 valence electrons. The molecule has 0 aliphatic carbocycles. The Morgan fingerprint density at radius 1 is 1.26 bits per heavy atom. The highest BCUT2D eigenvalue weighted by molar-refractivity contribution is 5.94.